The van der Waals surface area contributed by atoms with Gasteiger partial charge in [-0.25, -0.2) is 18.6 Å². The molecular formula is C29H24ClN3O6S. The third kappa shape index (κ3) is 7.25. The van der Waals surface area contributed by atoms with Crippen molar-refractivity contribution in [1.82, 2.24) is 5.43 Å². The molecule has 0 saturated heterocycles. The zero-order valence-electron chi connectivity index (χ0n) is 21.2. The number of esters is 1. The van der Waals surface area contributed by atoms with Gasteiger partial charge in [-0.1, -0.05) is 41.9 Å². The molecule has 2 N–H and O–H groups in total. The van der Waals surface area contributed by atoms with Crippen molar-refractivity contribution in [1.29, 1.82) is 0 Å². The van der Waals surface area contributed by atoms with Gasteiger partial charge >= 0.3 is 5.97 Å². The van der Waals surface area contributed by atoms with Crippen LogP contribution < -0.4 is 19.6 Å². The topological polar surface area (TPSA) is 123 Å². The van der Waals surface area contributed by atoms with Crippen molar-refractivity contribution in [2.75, 3.05) is 11.3 Å². The van der Waals surface area contributed by atoms with E-state index in [-0.39, 0.29) is 21.9 Å². The van der Waals surface area contributed by atoms with Crippen LogP contribution in [-0.4, -0.2) is 33.1 Å². The van der Waals surface area contributed by atoms with Gasteiger partial charge in [0.25, 0.3) is 15.9 Å². The summed E-state index contributed by atoms with van der Waals surface area (Å²) >= 11 is 5.85. The van der Waals surface area contributed by atoms with E-state index in [0.717, 1.165) is 0 Å². The Morgan fingerprint density at radius 2 is 1.60 bits per heavy atom. The van der Waals surface area contributed by atoms with E-state index in [1.165, 1.54) is 42.6 Å². The third-order valence-corrected chi connectivity index (χ3v) is 7.03. The Labute approximate surface area is 236 Å². The van der Waals surface area contributed by atoms with Crippen LogP contribution in [0, 0.1) is 0 Å². The largest absolute Gasteiger partial charge is 0.490 e. The SMILES string of the molecule is CCOc1cc(C=NNC(=O)c2ccccc2NS(=O)(=O)c2ccc(Cl)cc2)ccc1OC(=O)c1ccccc1. The molecule has 0 aliphatic rings. The first-order chi connectivity index (χ1) is 19.3. The van der Waals surface area contributed by atoms with Crippen LogP contribution in [0.1, 0.15) is 33.2 Å². The van der Waals surface area contributed by atoms with Crippen LogP contribution in [-0.2, 0) is 10.0 Å². The van der Waals surface area contributed by atoms with Crippen LogP contribution in [0.2, 0.25) is 5.02 Å². The van der Waals surface area contributed by atoms with Crippen LogP contribution >= 0.6 is 11.6 Å². The van der Waals surface area contributed by atoms with E-state index >= 15 is 0 Å². The van der Waals surface area contributed by atoms with Crippen molar-refractivity contribution in [3.8, 4) is 11.5 Å². The zero-order valence-corrected chi connectivity index (χ0v) is 22.8. The molecule has 0 radical (unpaired) electrons. The van der Waals surface area contributed by atoms with E-state index in [1.807, 2.05) is 0 Å². The standard InChI is InChI=1S/C29H24ClN3O6S/c1-2-38-27-18-20(12-17-26(27)39-29(35)21-8-4-3-5-9-21)19-31-32-28(34)24-10-6-7-11-25(24)33-40(36,37)23-15-13-22(30)14-16-23/h3-19,33H,2H2,1H3,(H,32,34). The lowest BCUT2D eigenvalue weighted by Gasteiger charge is -2.12. The summed E-state index contributed by atoms with van der Waals surface area (Å²) < 4.78 is 39.1. The fraction of sp³-hybridized carbons (Fsp3) is 0.0690. The van der Waals surface area contributed by atoms with Crippen molar-refractivity contribution < 1.29 is 27.5 Å². The molecule has 1 amide bonds. The number of ether oxygens (including phenoxy) is 2. The maximum absolute atomic E-state index is 12.8. The van der Waals surface area contributed by atoms with Crippen LogP contribution in [0.3, 0.4) is 0 Å². The molecule has 0 bridgehead atoms. The summed E-state index contributed by atoms with van der Waals surface area (Å²) in [5.74, 6) is -0.604. The summed E-state index contributed by atoms with van der Waals surface area (Å²) in [6, 6.07) is 25.2. The lowest BCUT2D eigenvalue weighted by Crippen LogP contribution is -2.21. The number of rotatable bonds is 10. The summed E-state index contributed by atoms with van der Waals surface area (Å²) in [5, 5.41) is 4.38. The molecule has 11 heteroatoms. The minimum atomic E-state index is -3.97. The summed E-state index contributed by atoms with van der Waals surface area (Å²) in [4.78, 5) is 25.3. The summed E-state index contributed by atoms with van der Waals surface area (Å²) in [6.45, 7) is 2.12. The van der Waals surface area contributed by atoms with Gasteiger partial charge in [0, 0.05) is 5.02 Å². The molecule has 4 aromatic carbocycles. The molecule has 0 saturated carbocycles. The third-order valence-electron chi connectivity index (χ3n) is 5.40. The molecule has 0 spiro atoms. The normalized spacial score (nSPS) is 11.2. The lowest BCUT2D eigenvalue weighted by atomic mass is 10.2. The Morgan fingerprint density at radius 3 is 2.33 bits per heavy atom. The minimum Gasteiger partial charge on any atom is -0.490 e. The maximum atomic E-state index is 12.8. The van der Waals surface area contributed by atoms with Gasteiger partial charge in [0.15, 0.2) is 11.5 Å². The molecular weight excluding hydrogens is 554 g/mol. The lowest BCUT2D eigenvalue weighted by molar-refractivity contribution is 0.0728. The second kappa shape index (κ2) is 12.9. The number of anilines is 1. The number of carbonyl (C=O) groups is 2. The first kappa shape index (κ1) is 28.3. The van der Waals surface area contributed by atoms with Crippen LogP contribution in [0.4, 0.5) is 5.69 Å². The first-order valence-corrected chi connectivity index (χ1v) is 13.9. The Bertz CT molecular complexity index is 1640. The number of hydrogen-bond donors (Lipinski definition) is 2. The molecule has 9 nitrogen and oxygen atoms in total. The molecule has 40 heavy (non-hydrogen) atoms. The van der Waals surface area contributed by atoms with Crippen molar-refractivity contribution in [2.24, 2.45) is 5.10 Å². The number of hydrazone groups is 1. The molecule has 0 heterocycles. The predicted molar refractivity (Wildman–Crippen MR) is 153 cm³/mol. The van der Waals surface area contributed by atoms with Crippen molar-refractivity contribution in [3.63, 3.8) is 0 Å². The van der Waals surface area contributed by atoms with Crippen LogP contribution in [0.25, 0.3) is 0 Å². The highest BCUT2D eigenvalue weighted by Gasteiger charge is 2.19. The van der Waals surface area contributed by atoms with E-state index < -0.39 is 21.9 Å². The van der Waals surface area contributed by atoms with Crippen molar-refractivity contribution in [3.05, 3.63) is 119 Å². The molecule has 0 fully saturated rings. The van der Waals surface area contributed by atoms with Gasteiger partial charge < -0.3 is 9.47 Å². The molecule has 4 rings (SSSR count). The number of amides is 1. The van der Waals surface area contributed by atoms with Gasteiger partial charge in [-0.15, -0.1) is 0 Å². The van der Waals surface area contributed by atoms with E-state index in [2.05, 4.69) is 15.2 Å². The Balaban J connectivity index is 1.46. The van der Waals surface area contributed by atoms with Crippen molar-refractivity contribution >= 4 is 45.4 Å². The van der Waals surface area contributed by atoms with E-state index in [9.17, 15) is 18.0 Å². The quantitative estimate of drug-likeness (QED) is 0.111. The number of nitrogens with zero attached hydrogens (tertiary/aromatic N) is 1. The molecule has 0 aromatic heterocycles. The fourth-order valence-electron chi connectivity index (χ4n) is 3.50. The number of carbonyl (C=O) groups excluding carboxylic acids is 2. The van der Waals surface area contributed by atoms with Gasteiger partial charge in [0.05, 0.1) is 34.5 Å². The highest BCUT2D eigenvalue weighted by atomic mass is 35.5. The zero-order chi connectivity index (χ0) is 28.5. The molecule has 0 aliphatic carbocycles. The number of nitrogens with one attached hydrogen (secondary N) is 2. The van der Waals surface area contributed by atoms with Gasteiger partial charge in [-0.05, 0) is 79.2 Å². The van der Waals surface area contributed by atoms with E-state index in [0.29, 0.717) is 28.5 Å². The highest BCUT2D eigenvalue weighted by Crippen LogP contribution is 2.29. The Morgan fingerprint density at radius 1 is 0.900 bits per heavy atom. The molecule has 0 aliphatic heterocycles. The second-order valence-electron chi connectivity index (χ2n) is 8.20. The number of para-hydroxylation sites is 1. The Hall–Kier alpha value is -4.67. The average Bonchev–Trinajstić information content (AvgIpc) is 2.95. The van der Waals surface area contributed by atoms with Gasteiger partial charge in [-0.3, -0.25) is 9.52 Å². The maximum Gasteiger partial charge on any atom is 0.343 e. The number of benzene rings is 4. The fourth-order valence-corrected chi connectivity index (χ4v) is 4.71. The van der Waals surface area contributed by atoms with E-state index in [1.54, 1.807) is 67.6 Å². The van der Waals surface area contributed by atoms with Gasteiger partial charge in [0.1, 0.15) is 0 Å². The average molecular weight is 578 g/mol. The molecule has 4 aromatic rings. The van der Waals surface area contributed by atoms with Crippen LogP contribution in [0.15, 0.2) is 107 Å². The second-order valence-corrected chi connectivity index (χ2v) is 10.3. The van der Waals surface area contributed by atoms with Crippen LogP contribution in [0.5, 0.6) is 11.5 Å². The summed E-state index contributed by atoms with van der Waals surface area (Å²) in [6.07, 6.45) is 1.38. The summed E-state index contributed by atoms with van der Waals surface area (Å²) in [5.41, 5.74) is 3.49. The smallest absolute Gasteiger partial charge is 0.343 e. The van der Waals surface area contributed by atoms with E-state index in [4.69, 9.17) is 21.1 Å². The van der Waals surface area contributed by atoms with Crippen molar-refractivity contribution in [2.45, 2.75) is 11.8 Å². The van der Waals surface area contributed by atoms with Gasteiger partial charge in [-0.2, -0.15) is 5.10 Å². The summed E-state index contributed by atoms with van der Waals surface area (Å²) in [7, 11) is -3.97. The molecule has 0 atom stereocenters. The van der Waals surface area contributed by atoms with Gasteiger partial charge in [0.2, 0.25) is 0 Å². The first-order valence-electron chi connectivity index (χ1n) is 12.0. The monoisotopic (exact) mass is 577 g/mol. The molecule has 204 valence electrons. The molecule has 0 unspecified atom stereocenters. The number of sulfonamides is 1. The number of hydrogen-bond acceptors (Lipinski definition) is 7. The number of halogens is 1. The minimum absolute atomic E-state index is 0.00636. The predicted octanol–water partition coefficient (Wildman–Crippen LogP) is 5.52. The highest BCUT2D eigenvalue weighted by molar-refractivity contribution is 7.92. The Kier molecular flexibility index (Phi) is 9.15.